The summed E-state index contributed by atoms with van der Waals surface area (Å²) >= 11 is 11.7. The van der Waals surface area contributed by atoms with Gasteiger partial charge in [0.2, 0.25) is 0 Å². The van der Waals surface area contributed by atoms with E-state index in [9.17, 15) is 0 Å². The Balaban J connectivity index is 1.88. The molecule has 0 fully saturated rings. The van der Waals surface area contributed by atoms with Gasteiger partial charge in [0.25, 0.3) is 0 Å². The Bertz CT molecular complexity index is 483. The van der Waals surface area contributed by atoms with Gasteiger partial charge in [-0.2, -0.15) is 0 Å². The van der Waals surface area contributed by atoms with Crippen LogP contribution in [0, 0.1) is 6.61 Å². The molecule has 1 nitrogen and oxygen atoms in total. The van der Waals surface area contributed by atoms with E-state index in [0.717, 1.165) is 11.1 Å². The van der Waals surface area contributed by atoms with Crippen LogP contribution in [0.15, 0.2) is 48.5 Å². The third-order valence-electron chi connectivity index (χ3n) is 2.25. The molecule has 0 atom stereocenters. The van der Waals surface area contributed by atoms with Crippen molar-refractivity contribution in [2.45, 2.75) is 6.61 Å². The SMILES string of the molecule is Clc1ccc(CO[CH]c2ccccc2)cc1Cl. The predicted molar refractivity (Wildman–Crippen MR) is 71.1 cm³/mol. The van der Waals surface area contributed by atoms with Gasteiger partial charge in [0.1, 0.15) is 6.61 Å². The quantitative estimate of drug-likeness (QED) is 0.778. The Labute approximate surface area is 111 Å². The first-order chi connectivity index (χ1) is 8.25. The molecule has 0 aliphatic rings. The van der Waals surface area contributed by atoms with E-state index in [4.69, 9.17) is 27.9 Å². The molecule has 0 heterocycles. The van der Waals surface area contributed by atoms with Crippen LogP contribution in [0.1, 0.15) is 11.1 Å². The van der Waals surface area contributed by atoms with Crippen molar-refractivity contribution in [1.82, 2.24) is 0 Å². The standard InChI is InChI=1S/C14H11Cl2O/c15-13-7-6-12(8-14(13)16)10-17-9-11-4-2-1-3-5-11/h1-9H,10H2. The first kappa shape index (κ1) is 12.4. The second-order valence-electron chi connectivity index (χ2n) is 3.59. The maximum atomic E-state index is 5.91. The van der Waals surface area contributed by atoms with E-state index in [1.807, 2.05) is 42.5 Å². The molecule has 0 aliphatic carbocycles. The number of hydrogen-bond acceptors (Lipinski definition) is 1. The Kier molecular flexibility index (Phi) is 4.43. The summed E-state index contributed by atoms with van der Waals surface area (Å²) in [6, 6.07) is 15.3. The van der Waals surface area contributed by atoms with Gasteiger partial charge in [0.05, 0.1) is 16.7 Å². The smallest absolute Gasteiger partial charge is 0.113 e. The fourth-order valence-electron chi connectivity index (χ4n) is 1.40. The lowest BCUT2D eigenvalue weighted by molar-refractivity contribution is 0.199. The maximum Gasteiger partial charge on any atom is 0.113 e. The van der Waals surface area contributed by atoms with Crippen LogP contribution in [-0.4, -0.2) is 0 Å². The van der Waals surface area contributed by atoms with E-state index in [0.29, 0.717) is 16.7 Å². The van der Waals surface area contributed by atoms with E-state index in [2.05, 4.69) is 0 Å². The molecule has 0 bridgehead atoms. The first-order valence-electron chi connectivity index (χ1n) is 5.19. The molecule has 0 saturated heterocycles. The topological polar surface area (TPSA) is 9.23 Å². The van der Waals surface area contributed by atoms with Crippen LogP contribution >= 0.6 is 23.2 Å². The molecule has 87 valence electrons. The summed E-state index contributed by atoms with van der Waals surface area (Å²) < 4.78 is 5.47. The highest BCUT2D eigenvalue weighted by Crippen LogP contribution is 2.23. The molecule has 0 amide bonds. The van der Waals surface area contributed by atoms with Gasteiger partial charge < -0.3 is 4.74 Å². The van der Waals surface area contributed by atoms with Crippen LogP contribution < -0.4 is 0 Å². The summed E-state index contributed by atoms with van der Waals surface area (Å²) in [5, 5.41) is 1.11. The molecular formula is C14H11Cl2O. The van der Waals surface area contributed by atoms with E-state index in [1.54, 1.807) is 12.7 Å². The second-order valence-corrected chi connectivity index (χ2v) is 4.40. The van der Waals surface area contributed by atoms with Gasteiger partial charge in [0, 0.05) is 0 Å². The Morgan fingerprint density at radius 1 is 0.941 bits per heavy atom. The zero-order chi connectivity index (χ0) is 12.1. The van der Waals surface area contributed by atoms with E-state index in [-0.39, 0.29) is 0 Å². The molecule has 0 N–H and O–H groups in total. The minimum absolute atomic E-state index is 0.478. The summed E-state index contributed by atoms with van der Waals surface area (Å²) in [7, 11) is 0. The van der Waals surface area contributed by atoms with Gasteiger partial charge in [-0.25, -0.2) is 0 Å². The van der Waals surface area contributed by atoms with Gasteiger partial charge in [0.15, 0.2) is 0 Å². The van der Waals surface area contributed by atoms with Crippen molar-refractivity contribution in [1.29, 1.82) is 0 Å². The lowest BCUT2D eigenvalue weighted by atomic mass is 10.2. The molecule has 2 aromatic rings. The van der Waals surface area contributed by atoms with Crippen LogP contribution in [-0.2, 0) is 11.3 Å². The van der Waals surface area contributed by atoms with E-state index >= 15 is 0 Å². The molecule has 0 unspecified atom stereocenters. The molecule has 17 heavy (non-hydrogen) atoms. The van der Waals surface area contributed by atoms with Crippen LogP contribution in [0.3, 0.4) is 0 Å². The molecule has 2 rings (SSSR count). The summed E-state index contributed by atoms with van der Waals surface area (Å²) in [5.74, 6) is 0. The van der Waals surface area contributed by atoms with Gasteiger partial charge >= 0.3 is 0 Å². The summed E-state index contributed by atoms with van der Waals surface area (Å²) in [6.45, 7) is 2.20. The minimum atomic E-state index is 0.478. The maximum absolute atomic E-state index is 5.91. The molecule has 3 heteroatoms. The predicted octanol–water partition coefficient (Wildman–Crippen LogP) is 4.72. The Hall–Kier alpha value is -1.02. The van der Waals surface area contributed by atoms with Gasteiger partial charge in [-0.3, -0.25) is 0 Å². The molecule has 1 radical (unpaired) electrons. The summed E-state index contributed by atoms with van der Waals surface area (Å²) in [4.78, 5) is 0. The van der Waals surface area contributed by atoms with Crippen LogP contribution in [0.4, 0.5) is 0 Å². The Morgan fingerprint density at radius 2 is 1.71 bits per heavy atom. The van der Waals surface area contributed by atoms with Gasteiger partial charge in [-0.15, -0.1) is 0 Å². The monoisotopic (exact) mass is 265 g/mol. The number of halogens is 2. The highest BCUT2D eigenvalue weighted by atomic mass is 35.5. The minimum Gasteiger partial charge on any atom is -0.366 e. The molecule has 0 spiro atoms. The molecule has 0 aliphatic heterocycles. The van der Waals surface area contributed by atoms with E-state index in [1.165, 1.54) is 0 Å². The molecule has 2 aromatic carbocycles. The van der Waals surface area contributed by atoms with Crippen LogP contribution in [0.2, 0.25) is 10.0 Å². The fourth-order valence-corrected chi connectivity index (χ4v) is 1.72. The summed E-state index contributed by atoms with van der Waals surface area (Å²) in [6.07, 6.45) is 0. The van der Waals surface area contributed by atoms with Crippen molar-refractivity contribution >= 4 is 23.2 Å². The van der Waals surface area contributed by atoms with Crippen molar-refractivity contribution in [3.63, 3.8) is 0 Å². The number of benzene rings is 2. The average Bonchev–Trinajstić information content (AvgIpc) is 2.35. The fraction of sp³-hybridized carbons (Fsp3) is 0.0714. The van der Waals surface area contributed by atoms with Crippen LogP contribution in [0.5, 0.6) is 0 Å². The van der Waals surface area contributed by atoms with Gasteiger partial charge in [-0.05, 0) is 23.3 Å². The van der Waals surface area contributed by atoms with Crippen LogP contribution in [0.25, 0.3) is 0 Å². The zero-order valence-corrected chi connectivity index (χ0v) is 10.6. The average molecular weight is 266 g/mol. The molecule has 0 aromatic heterocycles. The third-order valence-corrected chi connectivity index (χ3v) is 2.99. The molecule has 0 saturated carbocycles. The van der Waals surface area contributed by atoms with Crippen molar-refractivity contribution in [2.75, 3.05) is 0 Å². The lowest BCUT2D eigenvalue weighted by Crippen LogP contribution is -1.91. The highest BCUT2D eigenvalue weighted by Gasteiger charge is 2.00. The highest BCUT2D eigenvalue weighted by molar-refractivity contribution is 6.42. The second kappa shape index (κ2) is 6.06. The Morgan fingerprint density at radius 3 is 2.41 bits per heavy atom. The van der Waals surface area contributed by atoms with Crippen molar-refractivity contribution in [3.05, 3.63) is 76.3 Å². The largest absolute Gasteiger partial charge is 0.366 e. The third kappa shape index (κ3) is 3.74. The zero-order valence-electron chi connectivity index (χ0n) is 9.07. The first-order valence-corrected chi connectivity index (χ1v) is 5.95. The summed E-state index contributed by atoms with van der Waals surface area (Å²) in [5.41, 5.74) is 2.03. The van der Waals surface area contributed by atoms with Crippen molar-refractivity contribution in [2.24, 2.45) is 0 Å². The van der Waals surface area contributed by atoms with Gasteiger partial charge in [-0.1, -0.05) is 59.6 Å². The number of ether oxygens (including phenoxy) is 1. The number of hydrogen-bond donors (Lipinski definition) is 0. The number of rotatable bonds is 4. The van der Waals surface area contributed by atoms with Crippen molar-refractivity contribution in [3.8, 4) is 0 Å². The van der Waals surface area contributed by atoms with Crippen molar-refractivity contribution < 1.29 is 4.74 Å². The molecular weight excluding hydrogens is 255 g/mol. The lowest BCUT2D eigenvalue weighted by Gasteiger charge is -2.05. The van der Waals surface area contributed by atoms with E-state index < -0.39 is 0 Å². The normalized spacial score (nSPS) is 10.5.